The summed E-state index contributed by atoms with van der Waals surface area (Å²) in [6.45, 7) is 0. The summed E-state index contributed by atoms with van der Waals surface area (Å²) < 4.78 is 10.2. The van der Waals surface area contributed by atoms with E-state index in [2.05, 4.69) is 0 Å². The van der Waals surface area contributed by atoms with Crippen LogP contribution in [-0.2, 0) is 8.37 Å². The highest BCUT2D eigenvalue weighted by atomic mass is 32.2. The Bertz CT molecular complexity index is 585. The average molecular weight is 306 g/mol. The minimum Gasteiger partial charge on any atom is -0.314 e. The zero-order chi connectivity index (χ0) is 14.4. The first-order chi connectivity index (χ1) is 9.77. The number of carbonyl (C=O) groups is 1. The average Bonchev–Trinajstić information content (AvgIpc) is 2.49. The predicted molar refractivity (Wildman–Crippen MR) is 82.0 cm³/mol. The van der Waals surface area contributed by atoms with Crippen LogP contribution in [0.25, 0.3) is 0 Å². The normalized spacial score (nSPS) is 10.5. The topological polar surface area (TPSA) is 35.5 Å². The maximum atomic E-state index is 12.6. The molecule has 0 aliphatic carbocycles. The monoisotopic (exact) mass is 306 g/mol. The predicted octanol–water partition coefficient (Wildman–Crippen LogP) is 4.22. The molecule has 0 aromatic heterocycles. The molecule has 0 amide bonds. The van der Waals surface area contributed by atoms with E-state index in [1.54, 1.807) is 32.4 Å². The van der Waals surface area contributed by atoms with Gasteiger partial charge in [-0.15, -0.1) is 0 Å². The molecule has 0 unspecified atom stereocenters. The standard InChI is InChI=1S/C15H14O3S2/c1-17-19-13-10-6-9-12(15(13)20-18-2)14(16)11-7-4-3-5-8-11/h3-10H,1-2H3. The molecule has 0 saturated carbocycles. The smallest absolute Gasteiger partial charge is 0.194 e. The van der Waals surface area contributed by atoms with Crippen molar-refractivity contribution in [2.75, 3.05) is 14.2 Å². The van der Waals surface area contributed by atoms with Gasteiger partial charge in [-0.3, -0.25) is 4.79 Å². The minimum absolute atomic E-state index is 0.0243. The molecule has 0 heterocycles. The van der Waals surface area contributed by atoms with Gasteiger partial charge >= 0.3 is 0 Å². The van der Waals surface area contributed by atoms with Gasteiger partial charge < -0.3 is 8.37 Å². The highest BCUT2D eigenvalue weighted by Crippen LogP contribution is 2.35. The van der Waals surface area contributed by atoms with Crippen molar-refractivity contribution in [3.63, 3.8) is 0 Å². The molecule has 2 aromatic rings. The van der Waals surface area contributed by atoms with Gasteiger partial charge in [-0.1, -0.05) is 36.4 Å². The third-order valence-corrected chi connectivity index (χ3v) is 4.19. The first-order valence-corrected chi connectivity index (χ1v) is 7.40. The van der Waals surface area contributed by atoms with Gasteiger partial charge in [0.2, 0.25) is 0 Å². The second kappa shape index (κ2) is 7.50. The van der Waals surface area contributed by atoms with Crippen molar-refractivity contribution in [2.24, 2.45) is 0 Å². The van der Waals surface area contributed by atoms with Crippen molar-refractivity contribution in [2.45, 2.75) is 9.79 Å². The van der Waals surface area contributed by atoms with E-state index in [4.69, 9.17) is 8.37 Å². The summed E-state index contributed by atoms with van der Waals surface area (Å²) in [5.41, 5.74) is 1.27. The van der Waals surface area contributed by atoms with Crippen molar-refractivity contribution in [1.82, 2.24) is 0 Å². The summed E-state index contributed by atoms with van der Waals surface area (Å²) in [6.07, 6.45) is 0. The SMILES string of the molecule is COSc1cccc(C(=O)c2ccccc2)c1SOC. The Balaban J connectivity index is 2.45. The molecule has 104 valence electrons. The Kier molecular flexibility index (Phi) is 5.67. The number of benzene rings is 2. The first kappa shape index (κ1) is 15.1. The molecular formula is C15H14O3S2. The van der Waals surface area contributed by atoms with Gasteiger partial charge in [0.25, 0.3) is 0 Å². The first-order valence-electron chi connectivity index (χ1n) is 5.92. The van der Waals surface area contributed by atoms with Gasteiger partial charge in [0.05, 0.1) is 24.0 Å². The number of ketones is 1. The molecule has 0 fully saturated rings. The molecule has 2 rings (SSSR count). The molecule has 0 aliphatic heterocycles. The summed E-state index contributed by atoms with van der Waals surface area (Å²) in [4.78, 5) is 14.2. The Morgan fingerprint density at radius 3 is 2.25 bits per heavy atom. The zero-order valence-electron chi connectivity index (χ0n) is 11.2. The molecule has 0 saturated heterocycles. The number of carbonyl (C=O) groups excluding carboxylic acids is 1. The molecule has 3 nitrogen and oxygen atoms in total. The van der Waals surface area contributed by atoms with Gasteiger partial charge in [-0.2, -0.15) is 0 Å². The number of rotatable bonds is 6. The molecule has 0 radical (unpaired) electrons. The van der Waals surface area contributed by atoms with Crippen LogP contribution < -0.4 is 0 Å². The molecule has 0 spiro atoms. The van der Waals surface area contributed by atoms with E-state index in [0.29, 0.717) is 11.1 Å². The zero-order valence-corrected chi connectivity index (χ0v) is 12.8. The van der Waals surface area contributed by atoms with Crippen LogP contribution in [0.1, 0.15) is 15.9 Å². The highest BCUT2D eigenvalue weighted by molar-refractivity contribution is 7.97. The minimum atomic E-state index is -0.0243. The van der Waals surface area contributed by atoms with Gasteiger partial charge in [0, 0.05) is 35.2 Å². The van der Waals surface area contributed by atoms with Crippen molar-refractivity contribution in [3.05, 3.63) is 59.7 Å². The van der Waals surface area contributed by atoms with Crippen LogP contribution in [0.2, 0.25) is 0 Å². The summed E-state index contributed by atoms with van der Waals surface area (Å²) >= 11 is 2.39. The molecule has 0 N–H and O–H groups in total. The van der Waals surface area contributed by atoms with E-state index in [1.165, 1.54) is 24.1 Å². The molecule has 20 heavy (non-hydrogen) atoms. The van der Waals surface area contributed by atoms with Crippen LogP contribution in [0.15, 0.2) is 58.3 Å². The van der Waals surface area contributed by atoms with E-state index < -0.39 is 0 Å². The summed E-state index contributed by atoms with van der Waals surface area (Å²) in [5.74, 6) is -0.0243. The summed E-state index contributed by atoms with van der Waals surface area (Å²) in [7, 11) is 3.17. The molecule has 5 heteroatoms. The molecule has 0 bridgehead atoms. The van der Waals surface area contributed by atoms with E-state index in [-0.39, 0.29) is 5.78 Å². The van der Waals surface area contributed by atoms with Crippen molar-refractivity contribution < 1.29 is 13.2 Å². The van der Waals surface area contributed by atoms with E-state index >= 15 is 0 Å². The third kappa shape index (κ3) is 3.43. The number of hydrogen-bond donors (Lipinski definition) is 0. The van der Waals surface area contributed by atoms with Crippen LogP contribution in [0.3, 0.4) is 0 Å². The van der Waals surface area contributed by atoms with Crippen LogP contribution >= 0.6 is 24.1 Å². The molecule has 0 atom stereocenters. The lowest BCUT2D eigenvalue weighted by atomic mass is 10.0. The Morgan fingerprint density at radius 2 is 1.60 bits per heavy atom. The van der Waals surface area contributed by atoms with E-state index in [0.717, 1.165) is 9.79 Å². The van der Waals surface area contributed by atoms with Gasteiger partial charge in [-0.25, -0.2) is 0 Å². The van der Waals surface area contributed by atoms with Crippen LogP contribution in [-0.4, -0.2) is 20.0 Å². The van der Waals surface area contributed by atoms with Crippen LogP contribution in [0.4, 0.5) is 0 Å². The lowest BCUT2D eigenvalue weighted by Gasteiger charge is -2.11. The lowest BCUT2D eigenvalue weighted by Crippen LogP contribution is -2.03. The van der Waals surface area contributed by atoms with E-state index in [9.17, 15) is 4.79 Å². The largest absolute Gasteiger partial charge is 0.314 e. The Hall–Kier alpha value is -1.27. The van der Waals surface area contributed by atoms with Gasteiger partial charge in [0.1, 0.15) is 0 Å². The van der Waals surface area contributed by atoms with Crippen LogP contribution in [0, 0.1) is 0 Å². The van der Waals surface area contributed by atoms with Gasteiger partial charge in [-0.05, 0) is 12.1 Å². The third-order valence-electron chi connectivity index (χ3n) is 2.60. The second-order valence-electron chi connectivity index (χ2n) is 3.83. The quantitative estimate of drug-likeness (QED) is 0.589. The van der Waals surface area contributed by atoms with Crippen molar-refractivity contribution >= 4 is 29.9 Å². The summed E-state index contributed by atoms with van der Waals surface area (Å²) in [5, 5.41) is 0. The Morgan fingerprint density at radius 1 is 0.900 bits per heavy atom. The fraction of sp³-hybridized carbons (Fsp3) is 0.133. The van der Waals surface area contributed by atoms with Crippen LogP contribution in [0.5, 0.6) is 0 Å². The molecular weight excluding hydrogens is 292 g/mol. The fourth-order valence-electron chi connectivity index (χ4n) is 1.76. The number of hydrogen-bond acceptors (Lipinski definition) is 5. The van der Waals surface area contributed by atoms with E-state index in [1.807, 2.05) is 30.3 Å². The van der Waals surface area contributed by atoms with Gasteiger partial charge in [0.15, 0.2) is 5.78 Å². The second-order valence-corrected chi connectivity index (χ2v) is 5.68. The molecule has 2 aromatic carbocycles. The fourth-order valence-corrected chi connectivity index (χ4v) is 3.04. The highest BCUT2D eigenvalue weighted by Gasteiger charge is 2.17. The Labute approximate surface area is 127 Å². The van der Waals surface area contributed by atoms with Crippen molar-refractivity contribution in [1.29, 1.82) is 0 Å². The lowest BCUT2D eigenvalue weighted by molar-refractivity contribution is 0.103. The maximum absolute atomic E-state index is 12.6. The van der Waals surface area contributed by atoms with Crippen molar-refractivity contribution in [3.8, 4) is 0 Å². The molecule has 0 aliphatic rings. The maximum Gasteiger partial charge on any atom is 0.194 e. The summed E-state index contributed by atoms with van der Waals surface area (Å²) in [6, 6.07) is 14.7.